The number of hydrogen-bond acceptors (Lipinski definition) is 5. The molecule has 0 saturated carbocycles. The lowest BCUT2D eigenvalue weighted by molar-refractivity contribution is 0.0639. The number of aromatic carboxylic acids is 1. The van der Waals surface area contributed by atoms with E-state index < -0.39 is 21.6 Å². The largest absolute Gasteiger partial charge is 0.478 e. The second-order valence-corrected chi connectivity index (χ2v) is 7.28. The number of hydrogen-bond donors (Lipinski definition) is 2. The first kappa shape index (κ1) is 16.7. The molecule has 20 heavy (non-hydrogen) atoms. The average Bonchev–Trinajstić information content (AvgIpc) is 2.51. The lowest BCUT2D eigenvalue weighted by Gasteiger charge is -2.25. The van der Waals surface area contributed by atoms with E-state index in [1.54, 1.807) is 0 Å². The molecule has 0 saturated heterocycles. The molecule has 1 aromatic heterocycles. The predicted octanol–water partition coefficient (Wildman–Crippen LogP) is 0.986. The molecule has 0 radical (unpaired) electrons. The summed E-state index contributed by atoms with van der Waals surface area (Å²) < 4.78 is 31.0. The molecule has 2 N–H and O–H groups in total. The zero-order chi connectivity index (χ0) is 15.9. The van der Waals surface area contributed by atoms with E-state index in [4.69, 9.17) is 9.52 Å². The molecule has 0 bridgehead atoms. The van der Waals surface area contributed by atoms with Crippen LogP contribution in [0.3, 0.4) is 0 Å². The summed E-state index contributed by atoms with van der Waals surface area (Å²) in [6.07, 6.45) is 0. The molecular weight excluding hydrogens is 286 g/mol. The molecular formula is C12H19NO6S. The molecule has 0 amide bonds. The first-order chi connectivity index (χ1) is 8.88. The van der Waals surface area contributed by atoms with Gasteiger partial charge in [-0.15, -0.1) is 0 Å². The van der Waals surface area contributed by atoms with Crippen LogP contribution in [0, 0.1) is 13.8 Å². The number of carboxylic acid groups (broad SMARTS) is 1. The van der Waals surface area contributed by atoms with Crippen molar-refractivity contribution in [2.45, 2.75) is 38.2 Å². The second kappa shape index (κ2) is 5.19. The van der Waals surface area contributed by atoms with Gasteiger partial charge in [0.2, 0.25) is 10.0 Å². The molecule has 0 fully saturated rings. The third-order valence-electron chi connectivity index (χ3n) is 2.70. The summed E-state index contributed by atoms with van der Waals surface area (Å²) >= 11 is 0. The van der Waals surface area contributed by atoms with Crippen molar-refractivity contribution in [2.24, 2.45) is 0 Å². The highest BCUT2D eigenvalue weighted by atomic mass is 32.2. The van der Waals surface area contributed by atoms with Crippen molar-refractivity contribution in [1.82, 2.24) is 4.31 Å². The minimum absolute atomic E-state index is 0.0162. The minimum atomic E-state index is -4.06. The van der Waals surface area contributed by atoms with Gasteiger partial charge in [0.1, 0.15) is 22.0 Å². The van der Waals surface area contributed by atoms with Gasteiger partial charge in [0, 0.05) is 13.6 Å². The van der Waals surface area contributed by atoms with Gasteiger partial charge in [-0.3, -0.25) is 0 Å². The van der Waals surface area contributed by atoms with Gasteiger partial charge >= 0.3 is 5.97 Å². The highest BCUT2D eigenvalue weighted by molar-refractivity contribution is 7.89. The van der Waals surface area contributed by atoms with Crippen molar-refractivity contribution in [3.8, 4) is 0 Å². The van der Waals surface area contributed by atoms with Gasteiger partial charge in [-0.1, -0.05) is 0 Å². The molecule has 0 aromatic carbocycles. The lowest BCUT2D eigenvalue weighted by Crippen LogP contribution is -2.40. The summed E-state index contributed by atoms with van der Waals surface area (Å²) in [5, 5.41) is 18.9. The molecule has 0 spiro atoms. The van der Waals surface area contributed by atoms with Crippen LogP contribution in [0.1, 0.15) is 35.7 Å². The van der Waals surface area contributed by atoms with E-state index >= 15 is 0 Å². The maximum absolute atomic E-state index is 12.5. The number of rotatable bonds is 5. The van der Waals surface area contributed by atoms with Crippen LogP contribution >= 0.6 is 0 Å². The van der Waals surface area contributed by atoms with Crippen LogP contribution in [0.5, 0.6) is 0 Å². The number of furan rings is 1. The number of carbonyl (C=O) groups is 1. The summed E-state index contributed by atoms with van der Waals surface area (Å²) in [5.74, 6) is -1.32. The highest BCUT2D eigenvalue weighted by Gasteiger charge is 2.35. The topological polar surface area (TPSA) is 108 Å². The highest BCUT2D eigenvalue weighted by Crippen LogP contribution is 2.29. The summed E-state index contributed by atoms with van der Waals surface area (Å²) in [6, 6.07) is 0. The van der Waals surface area contributed by atoms with Gasteiger partial charge in [0.05, 0.1) is 5.60 Å². The molecule has 1 rings (SSSR count). The van der Waals surface area contributed by atoms with E-state index in [1.165, 1.54) is 34.7 Å². The number of nitrogens with zero attached hydrogens (tertiary/aromatic N) is 1. The SMILES string of the molecule is Cc1oc(C)c(S(=O)(=O)N(C)CC(C)(C)O)c1C(=O)O. The summed E-state index contributed by atoms with van der Waals surface area (Å²) in [5.41, 5.74) is -1.61. The molecule has 0 atom stereocenters. The molecule has 0 aliphatic carbocycles. The zero-order valence-corrected chi connectivity index (χ0v) is 12.9. The summed E-state index contributed by atoms with van der Waals surface area (Å²) in [4.78, 5) is 10.9. The Bertz CT molecular complexity index is 623. The second-order valence-electron chi connectivity index (χ2n) is 5.30. The van der Waals surface area contributed by atoms with Crippen LogP contribution in [0.4, 0.5) is 0 Å². The van der Waals surface area contributed by atoms with Crippen LogP contribution in [0.25, 0.3) is 0 Å². The van der Waals surface area contributed by atoms with Crippen molar-refractivity contribution >= 4 is 16.0 Å². The average molecular weight is 305 g/mol. The molecule has 8 heteroatoms. The van der Waals surface area contributed by atoms with E-state index in [2.05, 4.69) is 0 Å². The predicted molar refractivity (Wildman–Crippen MR) is 71.3 cm³/mol. The Morgan fingerprint density at radius 3 is 2.20 bits per heavy atom. The summed E-state index contributed by atoms with van der Waals surface area (Å²) in [7, 11) is -2.78. The van der Waals surface area contributed by atoms with Crippen LogP contribution in [-0.2, 0) is 10.0 Å². The van der Waals surface area contributed by atoms with Gasteiger partial charge in [-0.25, -0.2) is 13.2 Å². The third kappa shape index (κ3) is 3.20. The molecule has 0 unspecified atom stereocenters. The van der Waals surface area contributed by atoms with E-state index in [0.29, 0.717) is 0 Å². The Labute approximate surface area is 117 Å². The molecule has 1 aromatic rings. The lowest BCUT2D eigenvalue weighted by atomic mass is 10.1. The fourth-order valence-corrected chi connectivity index (χ4v) is 3.70. The van der Waals surface area contributed by atoms with E-state index in [-0.39, 0.29) is 28.5 Å². The maximum atomic E-state index is 12.5. The number of sulfonamides is 1. The zero-order valence-electron chi connectivity index (χ0n) is 12.1. The number of aliphatic hydroxyl groups is 1. The van der Waals surface area contributed by atoms with Crippen molar-refractivity contribution in [3.05, 3.63) is 17.1 Å². The third-order valence-corrected chi connectivity index (χ3v) is 4.65. The summed E-state index contributed by atoms with van der Waals surface area (Å²) in [6.45, 7) is 5.54. The van der Waals surface area contributed by atoms with Crippen LogP contribution in [0.2, 0.25) is 0 Å². The standard InChI is InChI=1S/C12H19NO6S/c1-7-9(11(14)15)10(8(2)19-7)20(17,18)13(5)6-12(3,4)16/h16H,6H2,1-5H3,(H,14,15). The fraction of sp³-hybridized carbons (Fsp3) is 0.583. The monoisotopic (exact) mass is 305 g/mol. The maximum Gasteiger partial charge on any atom is 0.340 e. The first-order valence-corrected chi connectivity index (χ1v) is 7.34. The smallest absolute Gasteiger partial charge is 0.340 e. The Morgan fingerprint density at radius 2 is 1.80 bits per heavy atom. The Balaban J connectivity index is 3.40. The number of aryl methyl sites for hydroxylation is 2. The quantitative estimate of drug-likeness (QED) is 0.839. The molecule has 0 aliphatic rings. The Kier molecular flexibility index (Phi) is 4.33. The van der Waals surface area contributed by atoms with E-state index in [9.17, 15) is 18.3 Å². The van der Waals surface area contributed by atoms with Crippen molar-refractivity contribution in [1.29, 1.82) is 0 Å². The first-order valence-electron chi connectivity index (χ1n) is 5.90. The van der Waals surface area contributed by atoms with Crippen LogP contribution in [-0.4, -0.2) is 48.1 Å². The van der Waals surface area contributed by atoms with Gasteiger partial charge in [-0.05, 0) is 27.7 Å². The molecule has 114 valence electrons. The number of likely N-dealkylation sites (N-methyl/N-ethyl adjacent to an activating group) is 1. The molecule has 7 nitrogen and oxygen atoms in total. The molecule has 0 aliphatic heterocycles. The minimum Gasteiger partial charge on any atom is -0.478 e. The van der Waals surface area contributed by atoms with Gasteiger partial charge in [-0.2, -0.15) is 4.31 Å². The normalized spacial score (nSPS) is 12.9. The molecule has 1 heterocycles. The van der Waals surface area contributed by atoms with Crippen molar-refractivity contribution < 1.29 is 27.8 Å². The Morgan fingerprint density at radius 1 is 1.30 bits per heavy atom. The van der Waals surface area contributed by atoms with Gasteiger partial charge in [0.25, 0.3) is 0 Å². The Hall–Kier alpha value is -1.38. The van der Waals surface area contributed by atoms with Crippen molar-refractivity contribution in [3.63, 3.8) is 0 Å². The van der Waals surface area contributed by atoms with Gasteiger partial charge in [0.15, 0.2) is 0 Å². The van der Waals surface area contributed by atoms with E-state index in [0.717, 1.165) is 4.31 Å². The van der Waals surface area contributed by atoms with Gasteiger partial charge < -0.3 is 14.6 Å². The van der Waals surface area contributed by atoms with Crippen molar-refractivity contribution in [2.75, 3.05) is 13.6 Å². The van der Waals surface area contributed by atoms with E-state index in [1.807, 2.05) is 0 Å². The van der Waals surface area contributed by atoms with Crippen LogP contribution < -0.4 is 0 Å². The number of carboxylic acids is 1. The van der Waals surface area contributed by atoms with Crippen LogP contribution in [0.15, 0.2) is 9.31 Å². The fourth-order valence-electron chi connectivity index (χ4n) is 2.01.